The molecule has 0 heterocycles. The van der Waals surface area contributed by atoms with Gasteiger partial charge in [0.15, 0.2) is 0 Å². The van der Waals surface area contributed by atoms with Crippen molar-refractivity contribution in [2.24, 2.45) is 0 Å². The van der Waals surface area contributed by atoms with Crippen LogP contribution in [-0.2, 0) is 6.42 Å². The normalized spacial score (nSPS) is 21.3. The first-order valence-electron chi connectivity index (χ1n) is 6.10. The number of fused-ring (bicyclic) bond motifs is 1. The van der Waals surface area contributed by atoms with E-state index in [1.54, 1.807) is 7.11 Å². The van der Waals surface area contributed by atoms with E-state index in [9.17, 15) is 0 Å². The molecule has 0 radical (unpaired) electrons. The van der Waals surface area contributed by atoms with Crippen molar-refractivity contribution in [3.8, 4) is 5.75 Å². The Bertz CT molecular complexity index is 362. The largest absolute Gasteiger partial charge is 0.497 e. The van der Waals surface area contributed by atoms with Crippen LogP contribution in [0.4, 0.5) is 0 Å². The van der Waals surface area contributed by atoms with Gasteiger partial charge in [0.25, 0.3) is 0 Å². The Morgan fingerprint density at radius 2 is 2.25 bits per heavy atom. The fourth-order valence-corrected chi connectivity index (χ4v) is 2.66. The zero-order valence-electron chi connectivity index (χ0n) is 10.4. The number of hydrogen-bond donors (Lipinski definition) is 1. The van der Waals surface area contributed by atoms with E-state index in [4.69, 9.17) is 4.74 Å². The molecule has 0 saturated heterocycles. The summed E-state index contributed by atoms with van der Waals surface area (Å²) in [5.41, 5.74) is 2.98. The van der Waals surface area contributed by atoms with Crippen LogP contribution in [0.3, 0.4) is 0 Å². The first kappa shape index (κ1) is 11.5. The summed E-state index contributed by atoms with van der Waals surface area (Å²) in [5, 5.41) is 3.37. The second-order valence-corrected chi connectivity index (χ2v) is 4.64. The molecule has 2 nitrogen and oxygen atoms in total. The van der Waals surface area contributed by atoms with Crippen LogP contribution in [-0.4, -0.2) is 20.2 Å². The molecule has 0 fully saturated rings. The maximum Gasteiger partial charge on any atom is 0.119 e. The molecular weight excluding hydrogens is 198 g/mol. The third kappa shape index (κ3) is 2.07. The molecule has 1 aliphatic rings. The molecule has 2 unspecified atom stereocenters. The quantitative estimate of drug-likeness (QED) is 0.844. The third-order valence-electron chi connectivity index (χ3n) is 3.77. The van der Waals surface area contributed by atoms with Crippen LogP contribution in [0.5, 0.6) is 5.75 Å². The van der Waals surface area contributed by atoms with Crippen LogP contribution in [0, 0.1) is 0 Å². The number of likely N-dealkylation sites (N-methyl/N-ethyl adjacent to an activating group) is 1. The molecule has 1 aliphatic carbocycles. The molecule has 0 bridgehead atoms. The van der Waals surface area contributed by atoms with Gasteiger partial charge in [-0.15, -0.1) is 0 Å². The van der Waals surface area contributed by atoms with Crippen LogP contribution < -0.4 is 10.1 Å². The van der Waals surface area contributed by atoms with Gasteiger partial charge in [-0.25, -0.2) is 0 Å². The average molecular weight is 219 g/mol. The fraction of sp³-hybridized carbons (Fsp3) is 0.571. The number of ether oxygens (including phenoxy) is 1. The van der Waals surface area contributed by atoms with Crippen molar-refractivity contribution >= 4 is 0 Å². The Labute approximate surface area is 98.0 Å². The fourth-order valence-electron chi connectivity index (χ4n) is 2.66. The molecule has 0 saturated carbocycles. The first-order valence-corrected chi connectivity index (χ1v) is 6.10. The second kappa shape index (κ2) is 4.88. The molecule has 2 heteroatoms. The van der Waals surface area contributed by atoms with E-state index in [1.807, 2.05) is 7.05 Å². The summed E-state index contributed by atoms with van der Waals surface area (Å²) in [7, 11) is 3.78. The molecule has 1 N–H and O–H groups in total. The van der Waals surface area contributed by atoms with Crippen LogP contribution in [0.2, 0.25) is 0 Å². The molecule has 2 rings (SSSR count). The van der Waals surface area contributed by atoms with Crippen molar-refractivity contribution in [1.29, 1.82) is 0 Å². The predicted molar refractivity (Wildman–Crippen MR) is 67.2 cm³/mol. The lowest BCUT2D eigenvalue weighted by atomic mass is 9.79. The van der Waals surface area contributed by atoms with Gasteiger partial charge in [0.05, 0.1) is 7.11 Å². The van der Waals surface area contributed by atoms with Gasteiger partial charge in [-0.2, -0.15) is 0 Å². The van der Waals surface area contributed by atoms with E-state index in [0.29, 0.717) is 12.0 Å². The molecule has 2 atom stereocenters. The monoisotopic (exact) mass is 219 g/mol. The van der Waals surface area contributed by atoms with Gasteiger partial charge < -0.3 is 10.1 Å². The molecule has 0 amide bonds. The van der Waals surface area contributed by atoms with Crippen molar-refractivity contribution in [3.05, 3.63) is 29.3 Å². The average Bonchev–Trinajstić information content (AvgIpc) is 2.36. The predicted octanol–water partition coefficient (Wildman–Crippen LogP) is 2.72. The van der Waals surface area contributed by atoms with Crippen LogP contribution in [0.25, 0.3) is 0 Å². The number of methoxy groups -OCH3 is 1. The first-order chi connectivity index (χ1) is 7.76. The summed E-state index contributed by atoms with van der Waals surface area (Å²) in [6, 6.07) is 7.05. The highest BCUT2D eigenvalue weighted by Crippen LogP contribution is 2.35. The highest BCUT2D eigenvalue weighted by Gasteiger charge is 2.24. The molecule has 0 spiro atoms. The zero-order chi connectivity index (χ0) is 11.5. The highest BCUT2D eigenvalue weighted by molar-refractivity contribution is 5.40. The van der Waals surface area contributed by atoms with Crippen molar-refractivity contribution in [3.63, 3.8) is 0 Å². The summed E-state index contributed by atoms with van der Waals surface area (Å²) in [5.74, 6) is 1.61. The lowest BCUT2D eigenvalue weighted by Crippen LogP contribution is -2.31. The van der Waals surface area contributed by atoms with E-state index in [-0.39, 0.29) is 0 Å². The van der Waals surface area contributed by atoms with E-state index >= 15 is 0 Å². The lowest BCUT2D eigenvalue weighted by Gasteiger charge is -2.30. The van der Waals surface area contributed by atoms with Crippen LogP contribution in [0.15, 0.2) is 18.2 Å². The summed E-state index contributed by atoms with van der Waals surface area (Å²) >= 11 is 0. The molecule has 1 aromatic carbocycles. The molecule has 16 heavy (non-hydrogen) atoms. The van der Waals surface area contributed by atoms with Crippen molar-refractivity contribution in [2.75, 3.05) is 14.2 Å². The maximum atomic E-state index is 5.32. The summed E-state index contributed by atoms with van der Waals surface area (Å²) in [6.45, 7) is 2.26. The van der Waals surface area contributed by atoms with Gasteiger partial charge in [0.2, 0.25) is 0 Å². The third-order valence-corrected chi connectivity index (χ3v) is 3.77. The number of rotatable bonds is 3. The number of nitrogens with one attached hydrogen (secondary N) is 1. The number of aryl methyl sites for hydroxylation is 1. The van der Waals surface area contributed by atoms with Gasteiger partial charge in [0.1, 0.15) is 5.75 Å². The van der Waals surface area contributed by atoms with Gasteiger partial charge in [-0.1, -0.05) is 6.07 Å². The number of hydrogen-bond acceptors (Lipinski definition) is 2. The van der Waals surface area contributed by atoms with E-state index in [1.165, 1.54) is 30.4 Å². The topological polar surface area (TPSA) is 21.3 Å². The van der Waals surface area contributed by atoms with E-state index in [0.717, 1.165) is 5.75 Å². The summed E-state index contributed by atoms with van der Waals surface area (Å²) < 4.78 is 5.32. The summed E-state index contributed by atoms with van der Waals surface area (Å²) in [6.07, 6.45) is 3.80. The van der Waals surface area contributed by atoms with Crippen LogP contribution in [0.1, 0.15) is 36.8 Å². The standard InChI is InChI=1S/C14H21NO/c1-10(15-2)13-6-4-5-11-7-8-12(16-3)9-14(11)13/h7-10,13,15H,4-6H2,1-3H3. The lowest BCUT2D eigenvalue weighted by molar-refractivity contribution is 0.406. The second-order valence-electron chi connectivity index (χ2n) is 4.64. The zero-order valence-corrected chi connectivity index (χ0v) is 10.4. The molecule has 1 aromatic rings. The van der Waals surface area contributed by atoms with Gasteiger partial charge >= 0.3 is 0 Å². The van der Waals surface area contributed by atoms with E-state index < -0.39 is 0 Å². The van der Waals surface area contributed by atoms with Gasteiger partial charge in [-0.05, 0) is 62.4 Å². The Kier molecular flexibility index (Phi) is 3.49. The molecule has 88 valence electrons. The Hall–Kier alpha value is -1.02. The molecule has 0 aromatic heterocycles. The molecular formula is C14H21NO. The SMILES string of the molecule is CNC(C)C1CCCc2ccc(OC)cc21. The van der Waals surface area contributed by atoms with Gasteiger partial charge in [0, 0.05) is 6.04 Å². The Morgan fingerprint density at radius 3 is 2.94 bits per heavy atom. The minimum atomic E-state index is 0.533. The Balaban J connectivity index is 2.35. The number of benzene rings is 1. The smallest absolute Gasteiger partial charge is 0.119 e. The van der Waals surface area contributed by atoms with E-state index in [2.05, 4.69) is 30.4 Å². The van der Waals surface area contributed by atoms with Gasteiger partial charge in [-0.3, -0.25) is 0 Å². The minimum Gasteiger partial charge on any atom is -0.497 e. The van der Waals surface area contributed by atoms with Crippen molar-refractivity contribution in [1.82, 2.24) is 5.32 Å². The molecule has 0 aliphatic heterocycles. The van der Waals surface area contributed by atoms with Crippen molar-refractivity contribution < 1.29 is 4.74 Å². The minimum absolute atomic E-state index is 0.533. The van der Waals surface area contributed by atoms with Crippen molar-refractivity contribution in [2.45, 2.75) is 38.1 Å². The highest BCUT2D eigenvalue weighted by atomic mass is 16.5. The maximum absolute atomic E-state index is 5.32. The van der Waals surface area contributed by atoms with Crippen LogP contribution >= 0.6 is 0 Å². The Morgan fingerprint density at radius 1 is 1.44 bits per heavy atom. The summed E-state index contributed by atoms with van der Waals surface area (Å²) in [4.78, 5) is 0.